The summed E-state index contributed by atoms with van der Waals surface area (Å²) in [6, 6.07) is 6.18. The van der Waals surface area contributed by atoms with Crippen molar-refractivity contribution in [1.82, 2.24) is 0 Å². The molecule has 0 N–H and O–H groups in total. The zero-order chi connectivity index (χ0) is 11.3. The summed E-state index contributed by atoms with van der Waals surface area (Å²) in [5.41, 5.74) is 1.37. The van der Waals surface area contributed by atoms with Gasteiger partial charge in [-0.3, -0.25) is 0 Å². The van der Waals surface area contributed by atoms with Crippen LogP contribution < -0.4 is 9.47 Å². The van der Waals surface area contributed by atoms with Crippen LogP contribution in [0.15, 0.2) is 18.2 Å². The van der Waals surface area contributed by atoms with Gasteiger partial charge in [0.05, 0.1) is 14.2 Å². The molecule has 1 aromatic carbocycles. The zero-order valence-corrected chi connectivity index (χ0v) is 10.0. The molecule has 84 valence electrons. The van der Waals surface area contributed by atoms with Gasteiger partial charge in [0.15, 0.2) is 11.5 Å². The van der Waals surface area contributed by atoms with Crippen LogP contribution in [0.5, 0.6) is 11.5 Å². The molecule has 0 spiro atoms. The van der Waals surface area contributed by atoms with E-state index in [-0.39, 0.29) is 0 Å². The fraction of sp³-hybridized carbons (Fsp3) is 0.538. The van der Waals surface area contributed by atoms with Crippen molar-refractivity contribution in [2.75, 3.05) is 14.2 Å². The molecule has 0 unspecified atom stereocenters. The third-order valence-corrected chi connectivity index (χ3v) is 2.46. The van der Waals surface area contributed by atoms with E-state index in [9.17, 15) is 0 Å². The first-order chi connectivity index (χ1) is 7.35. The standard InChI is InChI=1S/C11H14O2.C2H6/c1-12-10-6-5-9(8-3-4-8)7-11(10)13-2;1-2/h5-8H,3-4H2,1-2H3;1-2H3. The van der Waals surface area contributed by atoms with Crippen molar-refractivity contribution in [1.29, 1.82) is 0 Å². The van der Waals surface area contributed by atoms with Gasteiger partial charge in [0, 0.05) is 0 Å². The highest BCUT2D eigenvalue weighted by Crippen LogP contribution is 2.42. The Bertz CT molecular complexity index is 303. The summed E-state index contributed by atoms with van der Waals surface area (Å²) >= 11 is 0. The quantitative estimate of drug-likeness (QED) is 0.755. The largest absolute Gasteiger partial charge is 0.493 e. The van der Waals surface area contributed by atoms with Gasteiger partial charge in [-0.15, -0.1) is 0 Å². The number of hydrogen-bond donors (Lipinski definition) is 0. The molecule has 0 bridgehead atoms. The molecule has 0 radical (unpaired) electrons. The van der Waals surface area contributed by atoms with E-state index in [1.54, 1.807) is 14.2 Å². The molecule has 15 heavy (non-hydrogen) atoms. The number of ether oxygens (including phenoxy) is 2. The molecule has 2 rings (SSSR count). The van der Waals surface area contributed by atoms with Gasteiger partial charge in [0.25, 0.3) is 0 Å². The van der Waals surface area contributed by atoms with Crippen molar-refractivity contribution in [3.8, 4) is 11.5 Å². The van der Waals surface area contributed by atoms with Gasteiger partial charge in [-0.05, 0) is 36.5 Å². The van der Waals surface area contributed by atoms with Gasteiger partial charge in [0.1, 0.15) is 0 Å². The number of hydrogen-bond acceptors (Lipinski definition) is 2. The van der Waals surface area contributed by atoms with Crippen molar-refractivity contribution < 1.29 is 9.47 Å². The van der Waals surface area contributed by atoms with Crippen LogP contribution in [0.25, 0.3) is 0 Å². The van der Waals surface area contributed by atoms with E-state index in [2.05, 4.69) is 12.1 Å². The lowest BCUT2D eigenvalue weighted by atomic mass is 10.1. The lowest BCUT2D eigenvalue weighted by Crippen LogP contribution is -1.91. The predicted molar refractivity (Wildman–Crippen MR) is 62.9 cm³/mol. The minimum Gasteiger partial charge on any atom is -0.493 e. The SMILES string of the molecule is CC.COc1ccc(C2CC2)cc1OC. The second kappa shape index (κ2) is 5.64. The third kappa shape index (κ3) is 2.88. The third-order valence-electron chi connectivity index (χ3n) is 2.46. The topological polar surface area (TPSA) is 18.5 Å². The summed E-state index contributed by atoms with van der Waals surface area (Å²) < 4.78 is 10.4. The van der Waals surface area contributed by atoms with E-state index in [4.69, 9.17) is 9.47 Å². The van der Waals surface area contributed by atoms with Crippen LogP contribution in [-0.2, 0) is 0 Å². The Morgan fingerprint density at radius 2 is 1.60 bits per heavy atom. The summed E-state index contributed by atoms with van der Waals surface area (Å²) in [6.07, 6.45) is 2.63. The van der Waals surface area contributed by atoms with Crippen LogP contribution in [0.3, 0.4) is 0 Å². The Labute approximate surface area is 92.2 Å². The lowest BCUT2D eigenvalue weighted by molar-refractivity contribution is 0.354. The summed E-state index contributed by atoms with van der Waals surface area (Å²) in [7, 11) is 3.34. The van der Waals surface area contributed by atoms with Gasteiger partial charge in [-0.2, -0.15) is 0 Å². The number of methoxy groups -OCH3 is 2. The first-order valence-corrected chi connectivity index (χ1v) is 5.57. The second-order valence-corrected chi connectivity index (χ2v) is 3.39. The summed E-state index contributed by atoms with van der Waals surface area (Å²) in [4.78, 5) is 0. The lowest BCUT2D eigenvalue weighted by Gasteiger charge is -2.08. The van der Waals surface area contributed by atoms with Crippen molar-refractivity contribution in [2.45, 2.75) is 32.6 Å². The van der Waals surface area contributed by atoms with Crippen molar-refractivity contribution in [2.24, 2.45) is 0 Å². The maximum atomic E-state index is 5.23. The van der Waals surface area contributed by atoms with Crippen LogP contribution in [-0.4, -0.2) is 14.2 Å². The molecule has 2 nitrogen and oxygen atoms in total. The highest BCUT2D eigenvalue weighted by molar-refractivity contribution is 5.44. The van der Waals surface area contributed by atoms with E-state index >= 15 is 0 Å². The summed E-state index contributed by atoms with van der Waals surface area (Å²) in [5, 5.41) is 0. The molecule has 0 heterocycles. The smallest absolute Gasteiger partial charge is 0.160 e. The Morgan fingerprint density at radius 3 is 2.07 bits per heavy atom. The molecule has 0 amide bonds. The van der Waals surface area contributed by atoms with Crippen LogP contribution in [0.2, 0.25) is 0 Å². The molecule has 1 aliphatic carbocycles. The van der Waals surface area contributed by atoms with Gasteiger partial charge in [-0.1, -0.05) is 19.9 Å². The molecule has 0 atom stereocenters. The van der Waals surface area contributed by atoms with Gasteiger partial charge < -0.3 is 9.47 Å². The fourth-order valence-corrected chi connectivity index (χ4v) is 1.52. The maximum Gasteiger partial charge on any atom is 0.160 e. The maximum absolute atomic E-state index is 5.23. The van der Waals surface area contributed by atoms with E-state index < -0.39 is 0 Å². The highest BCUT2D eigenvalue weighted by Gasteiger charge is 2.24. The first kappa shape index (κ1) is 11.9. The Hall–Kier alpha value is -1.18. The number of rotatable bonds is 3. The Kier molecular flexibility index (Phi) is 4.47. The van der Waals surface area contributed by atoms with Gasteiger partial charge in [-0.25, -0.2) is 0 Å². The second-order valence-electron chi connectivity index (χ2n) is 3.39. The molecule has 1 saturated carbocycles. The van der Waals surface area contributed by atoms with Crippen LogP contribution in [0.1, 0.15) is 38.2 Å². The van der Waals surface area contributed by atoms with Gasteiger partial charge >= 0.3 is 0 Å². The fourth-order valence-electron chi connectivity index (χ4n) is 1.52. The Balaban J connectivity index is 0.000000531. The zero-order valence-electron chi connectivity index (χ0n) is 10.0. The molecule has 1 aromatic rings. The van der Waals surface area contributed by atoms with Gasteiger partial charge in [0.2, 0.25) is 0 Å². The van der Waals surface area contributed by atoms with E-state index in [0.717, 1.165) is 17.4 Å². The van der Waals surface area contributed by atoms with Crippen LogP contribution >= 0.6 is 0 Å². The molecule has 0 aliphatic heterocycles. The van der Waals surface area contributed by atoms with Crippen molar-refractivity contribution >= 4 is 0 Å². The highest BCUT2D eigenvalue weighted by atomic mass is 16.5. The minimum absolute atomic E-state index is 0.764. The molecular formula is C13H20O2. The summed E-state index contributed by atoms with van der Waals surface area (Å²) in [6.45, 7) is 4.00. The average molecular weight is 208 g/mol. The minimum atomic E-state index is 0.764. The van der Waals surface area contributed by atoms with E-state index in [0.29, 0.717) is 0 Å². The molecule has 1 aliphatic rings. The summed E-state index contributed by atoms with van der Waals surface area (Å²) in [5.74, 6) is 2.42. The van der Waals surface area contributed by atoms with E-state index in [1.807, 2.05) is 19.9 Å². The van der Waals surface area contributed by atoms with E-state index in [1.165, 1.54) is 18.4 Å². The normalized spacial score (nSPS) is 13.9. The van der Waals surface area contributed by atoms with Crippen LogP contribution in [0, 0.1) is 0 Å². The first-order valence-electron chi connectivity index (χ1n) is 5.57. The van der Waals surface area contributed by atoms with Crippen molar-refractivity contribution in [3.05, 3.63) is 23.8 Å². The average Bonchev–Trinajstić information content (AvgIpc) is 3.15. The monoisotopic (exact) mass is 208 g/mol. The van der Waals surface area contributed by atoms with Crippen molar-refractivity contribution in [3.63, 3.8) is 0 Å². The molecule has 2 heteroatoms. The molecule has 1 fully saturated rings. The number of benzene rings is 1. The molecule has 0 saturated heterocycles. The molecule has 0 aromatic heterocycles. The Morgan fingerprint density at radius 1 is 1.00 bits per heavy atom. The predicted octanol–water partition coefficient (Wildman–Crippen LogP) is 3.61. The molecular weight excluding hydrogens is 188 g/mol. The van der Waals surface area contributed by atoms with Crippen LogP contribution in [0.4, 0.5) is 0 Å².